The zero-order valence-electron chi connectivity index (χ0n) is 16.9. The summed E-state index contributed by atoms with van der Waals surface area (Å²) in [5.41, 5.74) is 3.01. The minimum atomic E-state index is -0.184. The zero-order valence-corrected chi connectivity index (χ0v) is 16.9. The summed E-state index contributed by atoms with van der Waals surface area (Å²) >= 11 is 0. The molecule has 0 radical (unpaired) electrons. The molecular weight excluding hydrogens is 368 g/mol. The third kappa shape index (κ3) is 3.91. The van der Waals surface area contributed by atoms with Crippen molar-refractivity contribution in [2.45, 2.75) is 25.4 Å². The number of methoxy groups -OCH3 is 2. The van der Waals surface area contributed by atoms with Crippen LogP contribution in [0.5, 0.6) is 11.5 Å². The van der Waals surface area contributed by atoms with Gasteiger partial charge in [-0.15, -0.1) is 0 Å². The number of likely N-dealkylation sites (tertiary alicyclic amines) is 1. The first-order chi connectivity index (χ1) is 14.1. The number of para-hydroxylation sites is 2. The molecule has 29 heavy (non-hydrogen) atoms. The number of nitrogens with one attached hydrogen (secondary N) is 2. The Hall–Kier alpha value is -3.06. The minimum Gasteiger partial charge on any atom is -0.493 e. The zero-order chi connectivity index (χ0) is 20.4. The lowest BCUT2D eigenvalue weighted by Crippen LogP contribution is -2.55. The van der Waals surface area contributed by atoms with Gasteiger partial charge in [0.15, 0.2) is 11.5 Å². The van der Waals surface area contributed by atoms with E-state index in [2.05, 4.69) is 20.2 Å². The van der Waals surface area contributed by atoms with Crippen molar-refractivity contribution in [3.05, 3.63) is 53.9 Å². The molecule has 1 fully saturated rings. The van der Waals surface area contributed by atoms with Gasteiger partial charge in [0.25, 0.3) is 0 Å². The third-order valence-electron chi connectivity index (χ3n) is 5.55. The second-order valence-corrected chi connectivity index (χ2v) is 7.37. The van der Waals surface area contributed by atoms with Gasteiger partial charge in [0.1, 0.15) is 5.82 Å². The number of amides is 1. The topological polar surface area (TPSA) is 79.5 Å². The van der Waals surface area contributed by atoms with E-state index in [-0.39, 0.29) is 11.9 Å². The Bertz CT molecular complexity index is 977. The normalized spacial score (nSPS) is 15.7. The van der Waals surface area contributed by atoms with Crippen LogP contribution in [0, 0.1) is 0 Å². The number of aromatic nitrogens is 2. The van der Waals surface area contributed by atoms with E-state index in [1.165, 1.54) is 0 Å². The molecule has 2 N–H and O–H groups in total. The first-order valence-corrected chi connectivity index (χ1v) is 9.76. The van der Waals surface area contributed by atoms with Crippen LogP contribution in [0.3, 0.4) is 0 Å². The Morgan fingerprint density at radius 1 is 1.21 bits per heavy atom. The van der Waals surface area contributed by atoms with Crippen LogP contribution >= 0.6 is 0 Å². The van der Waals surface area contributed by atoms with Gasteiger partial charge in [-0.25, -0.2) is 4.98 Å². The van der Waals surface area contributed by atoms with Crippen LogP contribution in [0.1, 0.15) is 24.2 Å². The number of carbonyl (C=O) groups is 1. The molecule has 1 amide bonds. The number of H-pyrrole nitrogens is 1. The number of fused-ring (bicyclic) bond motifs is 1. The van der Waals surface area contributed by atoms with Gasteiger partial charge in [-0.1, -0.05) is 18.2 Å². The van der Waals surface area contributed by atoms with Gasteiger partial charge in [0.2, 0.25) is 5.91 Å². The summed E-state index contributed by atoms with van der Waals surface area (Å²) < 4.78 is 10.6. The molecule has 0 spiro atoms. The Morgan fingerprint density at radius 2 is 1.97 bits per heavy atom. The number of ether oxygens (including phenoxy) is 2. The number of hydrogen-bond acceptors (Lipinski definition) is 5. The van der Waals surface area contributed by atoms with Gasteiger partial charge >= 0.3 is 0 Å². The molecule has 1 aliphatic heterocycles. The van der Waals surface area contributed by atoms with Crippen LogP contribution in [-0.4, -0.2) is 54.1 Å². The van der Waals surface area contributed by atoms with Crippen molar-refractivity contribution in [3.63, 3.8) is 0 Å². The maximum atomic E-state index is 12.6. The predicted molar refractivity (Wildman–Crippen MR) is 111 cm³/mol. The fraction of sp³-hybridized carbons (Fsp3) is 0.364. The van der Waals surface area contributed by atoms with Crippen molar-refractivity contribution in [2.24, 2.45) is 0 Å². The van der Waals surface area contributed by atoms with Crippen molar-refractivity contribution in [1.82, 2.24) is 20.2 Å². The monoisotopic (exact) mass is 394 g/mol. The van der Waals surface area contributed by atoms with E-state index in [9.17, 15) is 4.79 Å². The number of nitrogens with zero attached hydrogens (tertiary/aromatic N) is 2. The van der Waals surface area contributed by atoms with Crippen molar-refractivity contribution < 1.29 is 14.3 Å². The van der Waals surface area contributed by atoms with Crippen LogP contribution in [0.4, 0.5) is 0 Å². The molecule has 3 aromatic rings. The van der Waals surface area contributed by atoms with Crippen molar-refractivity contribution in [1.29, 1.82) is 0 Å². The van der Waals surface area contributed by atoms with Gasteiger partial charge in [0.05, 0.1) is 31.3 Å². The lowest BCUT2D eigenvalue weighted by Gasteiger charge is -2.41. The van der Waals surface area contributed by atoms with Crippen LogP contribution in [0.15, 0.2) is 42.5 Å². The van der Waals surface area contributed by atoms with E-state index in [0.29, 0.717) is 24.0 Å². The van der Waals surface area contributed by atoms with Crippen LogP contribution < -0.4 is 14.8 Å². The highest BCUT2D eigenvalue weighted by atomic mass is 16.5. The molecule has 0 saturated carbocycles. The van der Waals surface area contributed by atoms with E-state index in [4.69, 9.17) is 9.47 Å². The Morgan fingerprint density at radius 3 is 2.69 bits per heavy atom. The standard InChI is InChI=1S/C22H26N4O3/c1-14(22(27)23-11-15-8-9-19(28-2)20(10-15)29-3)26-12-16(13-26)21-24-17-6-4-5-7-18(17)25-21/h4-10,14,16H,11-13H2,1-3H3,(H,23,27)(H,24,25)/t14-/m0/s1. The number of carbonyl (C=O) groups excluding carboxylic acids is 1. The van der Waals surface area contributed by atoms with Crippen LogP contribution in [-0.2, 0) is 11.3 Å². The fourth-order valence-electron chi connectivity index (χ4n) is 3.66. The number of rotatable bonds is 7. The molecule has 1 aliphatic rings. The number of imidazole rings is 1. The highest BCUT2D eigenvalue weighted by Crippen LogP contribution is 2.29. The largest absolute Gasteiger partial charge is 0.493 e. The number of aromatic amines is 1. The van der Waals surface area contributed by atoms with Crippen molar-refractivity contribution in [2.75, 3.05) is 27.3 Å². The second kappa shape index (κ2) is 8.13. The van der Waals surface area contributed by atoms with Crippen molar-refractivity contribution in [3.8, 4) is 11.5 Å². The number of benzene rings is 2. The number of hydrogen-bond donors (Lipinski definition) is 2. The summed E-state index contributed by atoms with van der Waals surface area (Å²) in [5.74, 6) is 2.68. The Balaban J connectivity index is 1.30. The van der Waals surface area contributed by atoms with Gasteiger partial charge in [-0.05, 0) is 36.8 Å². The molecule has 1 saturated heterocycles. The Labute approximate surface area is 170 Å². The first-order valence-electron chi connectivity index (χ1n) is 9.76. The summed E-state index contributed by atoms with van der Waals surface area (Å²) in [7, 11) is 3.21. The predicted octanol–water partition coefficient (Wildman–Crippen LogP) is 2.68. The van der Waals surface area contributed by atoms with Gasteiger partial charge in [0, 0.05) is 25.6 Å². The van der Waals surface area contributed by atoms with E-state index in [0.717, 1.165) is 35.5 Å². The molecule has 1 aromatic heterocycles. The molecule has 0 unspecified atom stereocenters. The maximum Gasteiger partial charge on any atom is 0.237 e. The molecule has 0 bridgehead atoms. The minimum absolute atomic E-state index is 0.0165. The van der Waals surface area contributed by atoms with Crippen LogP contribution in [0.2, 0.25) is 0 Å². The molecule has 152 valence electrons. The van der Waals surface area contributed by atoms with E-state index >= 15 is 0 Å². The SMILES string of the molecule is COc1ccc(CNC(=O)[C@H](C)N2CC(c3nc4ccccc4[nH]3)C2)cc1OC. The molecule has 7 heteroatoms. The lowest BCUT2D eigenvalue weighted by atomic mass is 9.97. The molecule has 0 aliphatic carbocycles. The fourth-order valence-corrected chi connectivity index (χ4v) is 3.66. The molecule has 2 heterocycles. The third-order valence-corrected chi connectivity index (χ3v) is 5.55. The summed E-state index contributed by atoms with van der Waals surface area (Å²) in [5, 5.41) is 3.01. The molecule has 2 aromatic carbocycles. The van der Waals surface area contributed by atoms with E-state index < -0.39 is 0 Å². The summed E-state index contributed by atoms with van der Waals surface area (Å²) in [6.45, 7) is 4.04. The van der Waals surface area contributed by atoms with E-state index in [1.807, 2.05) is 49.4 Å². The smallest absolute Gasteiger partial charge is 0.237 e. The highest BCUT2D eigenvalue weighted by Gasteiger charge is 2.35. The molecule has 4 rings (SSSR count). The second-order valence-electron chi connectivity index (χ2n) is 7.37. The quantitative estimate of drug-likeness (QED) is 0.644. The maximum absolute atomic E-state index is 12.6. The van der Waals surface area contributed by atoms with Crippen LogP contribution in [0.25, 0.3) is 11.0 Å². The highest BCUT2D eigenvalue weighted by molar-refractivity contribution is 5.81. The molecule has 1 atom stereocenters. The van der Waals surface area contributed by atoms with Gasteiger partial charge < -0.3 is 19.8 Å². The van der Waals surface area contributed by atoms with Gasteiger partial charge in [-0.2, -0.15) is 0 Å². The van der Waals surface area contributed by atoms with E-state index in [1.54, 1.807) is 14.2 Å². The van der Waals surface area contributed by atoms with Gasteiger partial charge in [-0.3, -0.25) is 9.69 Å². The summed E-state index contributed by atoms with van der Waals surface area (Å²) in [6, 6.07) is 13.5. The molecular formula is C22H26N4O3. The summed E-state index contributed by atoms with van der Waals surface area (Å²) in [4.78, 5) is 22.8. The Kier molecular flexibility index (Phi) is 5.40. The average Bonchev–Trinajstić information content (AvgIpc) is 3.14. The lowest BCUT2D eigenvalue weighted by molar-refractivity contribution is -0.127. The van der Waals surface area contributed by atoms with Crippen molar-refractivity contribution >= 4 is 16.9 Å². The molecule has 7 nitrogen and oxygen atoms in total. The average molecular weight is 394 g/mol. The summed E-state index contributed by atoms with van der Waals surface area (Å²) in [6.07, 6.45) is 0. The first kappa shape index (κ1) is 19.3.